The first-order valence-electron chi connectivity index (χ1n) is 6.29. The van der Waals surface area contributed by atoms with Crippen LogP contribution in [0, 0.1) is 6.92 Å². The van der Waals surface area contributed by atoms with Crippen molar-refractivity contribution in [3.05, 3.63) is 28.2 Å². The lowest BCUT2D eigenvalue weighted by atomic mass is 10.2. The number of anilines is 1. The van der Waals surface area contributed by atoms with Crippen molar-refractivity contribution in [1.29, 1.82) is 0 Å². The summed E-state index contributed by atoms with van der Waals surface area (Å²) in [6, 6.07) is 6.29. The Kier molecular flexibility index (Phi) is 6.36. The maximum absolute atomic E-state index is 11.8. The second-order valence-electron chi connectivity index (χ2n) is 4.67. The van der Waals surface area contributed by atoms with Crippen LogP contribution in [0.4, 0.5) is 5.69 Å². The molecule has 1 amide bonds. The molecule has 1 rings (SSSR count). The molecule has 0 spiro atoms. The van der Waals surface area contributed by atoms with E-state index in [4.69, 9.17) is 0 Å². The molecule has 0 atom stereocenters. The van der Waals surface area contributed by atoms with Gasteiger partial charge in [-0.2, -0.15) is 0 Å². The van der Waals surface area contributed by atoms with Crippen LogP contribution in [-0.4, -0.2) is 18.5 Å². The van der Waals surface area contributed by atoms with E-state index in [9.17, 15) is 4.79 Å². The number of benzene rings is 1. The summed E-state index contributed by atoms with van der Waals surface area (Å²) in [6.07, 6.45) is 1.41. The molecule has 1 aromatic rings. The van der Waals surface area contributed by atoms with Crippen molar-refractivity contribution in [1.82, 2.24) is 5.32 Å². The molecular weight excluding hydrogens is 292 g/mol. The topological polar surface area (TPSA) is 41.1 Å². The van der Waals surface area contributed by atoms with E-state index in [-0.39, 0.29) is 5.91 Å². The molecule has 2 N–H and O–H groups in total. The highest BCUT2D eigenvalue weighted by Crippen LogP contribution is 2.23. The molecule has 1 aromatic carbocycles. The molecule has 0 aliphatic rings. The third-order valence-corrected chi connectivity index (χ3v) is 3.53. The first kappa shape index (κ1) is 15.2. The van der Waals surface area contributed by atoms with Gasteiger partial charge in [-0.25, -0.2) is 0 Å². The fourth-order valence-corrected chi connectivity index (χ4v) is 1.96. The standard InChI is InChI=1S/C14H21BrN2O/c1-10(2)16-9-5-8-14(18)17-13-7-4-6-12(15)11(13)3/h4,6-7,10,16H,5,8-9H2,1-3H3,(H,17,18). The van der Waals surface area contributed by atoms with E-state index in [1.165, 1.54) is 0 Å². The Morgan fingerprint density at radius 3 is 2.78 bits per heavy atom. The van der Waals surface area contributed by atoms with Gasteiger partial charge in [0.1, 0.15) is 0 Å². The molecule has 0 bridgehead atoms. The molecule has 3 nitrogen and oxygen atoms in total. The van der Waals surface area contributed by atoms with E-state index in [1.54, 1.807) is 0 Å². The zero-order chi connectivity index (χ0) is 13.5. The highest BCUT2D eigenvalue weighted by molar-refractivity contribution is 9.10. The van der Waals surface area contributed by atoms with Crippen molar-refractivity contribution < 1.29 is 4.79 Å². The highest BCUT2D eigenvalue weighted by atomic mass is 79.9. The van der Waals surface area contributed by atoms with Crippen LogP contribution < -0.4 is 10.6 Å². The molecule has 0 fully saturated rings. The van der Waals surface area contributed by atoms with Crippen molar-refractivity contribution in [2.24, 2.45) is 0 Å². The molecule has 0 saturated carbocycles. The summed E-state index contributed by atoms with van der Waals surface area (Å²) in [6.45, 7) is 7.07. The van der Waals surface area contributed by atoms with Crippen LogP contribution in [0.15, 0.2) is 22.7 Å². The molecule has 0 aliphatic heterocycles. The van der Waals surface area contributed by atoms with Gasteiger partial charge in [-0.15, -0.1) is 0 Å². The first-order valence-corrected chi connectivity index (χ1v) is 7.08. The van der Waals surface area contributed by atoms with Crippen molar-refractivity contribution in [2.45, 2.75) is 39.7 Å². The Balaban J connectivity index is 2.38. The number of amides is 1. The minimum Gasteiger partial charge on any atom is -0.326 e. The number of hydrogen-bond donors (Lipinski definition) is 2. The summed E-state index contributed by atoms with van der Waals surface area (Å²) in [5, 5.41) is 6.24. The lowest BCUT2D eigenvalue weighted by Crippen LogP contribution is -2.24. The van der Waals surface area contributed by atoms with Gasteiger partial charge in [0.05, 0.1) is 0 Å². The monoisotopic (exact) mass is 312 g/mol. The van der Waals surface area contributed by atoms with E-state index in [2.05, 4.69) is 40.4 Å². The molecule has 0 saturated heterocycles. The summed E-state index contributed by atoms with van der Waals surface area (Å²) in [5.74, 6) is 0.0711. The summed E-state index contributed by atoms with van der Waals surface area (Å²) in [5.41, 5.74) is 1.94. The summed E-state index contributed by atoms with van der Waals surface area (Å²) in [7, 11) is 0. The second-order valence-corrected chi connectivity index (χ2v) is 5.53. The fourth-order valence-electron chi connectivity index (χ4n) is 1.60. The maximum Gasteiger partial charge on any atom is 0.224 e. The van der Waals surface area contributed by atoms with Gasteiger partial charge >= 0.3 is 0 Å². The normalized spacial score (nSPS) is 10.7. The molecule has 0 aliphatic carbocycles. The van der Waals surface area contributed by atoms with Gasteiger partial charge < -0.3 is 10.6 Å². The van der Waals surface area contributed by atoms with Gasteiger partial charge in [-0.1, -0.05) is 35.8 Å². The number of carbonyl (C=O) groups excluding carboxylic acids is 1. The van der Waals surface area contributed by atoms with Crippen LogP contribution in [0.5, 0.6) is 0 Å². The van der Waals surface area contributed by atoms with Crippen molar-refractivity contribution in [3.8, 4) is 0 Å². The van der Waals surface area contributed by atoms with Gasteiger partial charge in [-0.05, 0) is 37.6 Å². The summed E-state index contributed by atoms with van der Waals surface area (Å²) in [4.78, 5) is 11.8. The van der Waals surface area contributed by atoms with E-state index >= 15 is 0 Å². The zero-order valence-electron chi connectivity index (χ0n) is 11.2. The molecule has 0 unspecified atom stereocenters. The molecule has 100 valence electrons. The van der Waals surface area contributed by atoms with Gasteiger partial charge in [0.15, 0.2) is 0 Å². The fraction of sp³-hybridized carbons (Fsp3) is 0.500. The van der Waals surface area contributed by atoms with Gasteiger partial charge in [0, 0.05) is 22.6 Å². The molecular formula is C14H21BrN2O. The van der Waals surface area contributed by atoms with Crippen molar-refractivity contribution in [2.75, 3.05) is 11.9 Å². The van der Waals surface area contributed by atoms with E-state index < -0.39 is 0 Å². The van der Waals surface area contributed by atoms with Crippen LogP contribution in [0.1, 0.15) is 32.3 Å². The second kappa shape index (κ2) is 7.54. The largest absolute Gasteiger partial charge is 0.326 e. The maximum atomic E-state index is 11.8. The smallest absolute Gasteiger partial charge is 0.224 e. The minimum absolute atomic E-state index is 0.0711. The average molecular weight is 313 g/mol. The van der Waals surface area contributed by atoms with E-state index in [0.29, 0.717) is 12.5 Å². The van der Waals surface area contributed by atoms with E-state index in [0.717, 1.165) is 28.7 Å². The van der Waals surface area contributed by atoms with Gasteiger partial charge in [0.25, 0.3) is 0 Å². The quantitative estimate of drug-likeness (QED) is 0.790. The Morgan fingerprint density at radius 2 is 2.11 bits per heavy atom. The third-order valence-electron chi connectivity index (χ3n) is 2.67. The van der Waals surface area contributed by atoms with Crippen LogP contribution in [-0.2, 0) is 4.79 Å². The summed E-state index contributed by atoms with van der Waals surface area (Å²) < 4.78 is 1.02. The van der Waals surface area contributed by atoms with Gasteiger partial charge in [-0.3, -0.25) is 4.79 Å². The lowest BCUT2D eigenvalue weighted by Gasteiger charge is -2.10. The SMILES string of the molecule is Cc1c(Br)cccc1NC(=O)CCCNC(C)C. The zero-order valence-corrected chi connectivity index (χ0v) is 12.8. The molecule has 0 radical (unpaired) electrons. The van der Waals surface area contributed by atoms with E-state index in [1.807, 2.05) is 25.1 Å². The van der Waals surface area contributed by atoms with Crippen molar-refractivity contribution >= 4 is 27.5 Å². The molecule has 4 heteroatoms. The Labute approximate surface area is 117 Å². The Hall–Kier alpha value is -0.870. The molecule has 0 heterocycles. The van der Waals surface area contributed by atoms with Crippen LogP contribution in [0.2, 0.25) is 0 Å². The van der Waals surface area contributed by atoms with Crippen LogP contribution in [0.3, 0.4) is 0 Å². The number of hydrogen-bond acceptors (Lipinski definition) is 2. The number of carbonyl (C=O) groups is 1. The third kappa shape index (κ3) is 5.19. The number of rotatable bonds is 6. The Morgan fingerprint density at radius 1 is 1.39 bits per heavy atom. The average Bonchev–Trinajstić information content (AvgIpc) is 2.30. The van der Waals surface area contributed by atoms with Crippen molar-refractivity contribution in [3.63, 3.8) is 0 Å². The Bertz CT molecular complexity index is 405. The molecule has 0 aromatic heterocycles. The predicted molar refractivity (Wildman–Crippen MR) is 79.9 cm³/mol. The molecule has 18 heavy (non-hydrogen) atoms. The number of halogens is 1. The number of nitrogens with one attached hydrogen (secondary N) is 2. The summed E-state index contributed by atoms with van der Waals surface area (Å²) >= 11 is 3.45. The minimum atomic E-state index is 0.0711. The lowest BCUT2D eigenvalue weighted by molar-refractivity contribution is -0.116. The van der Waals surface area contributed by atoms with Gasteiger partial charge in [0.2, 0.25) is 5.91 Å². The predicted octanol–water partition coefficient (Wildman–Crippen LogP) is 3.47. The first-order chi connectivity index (χ1) is 8.50. The van der Waals surface area contributed by atoms with Crippen LogP contribution >= 0.6 is 15.9 Å². The highest BCUT2D eigenvalue weighted by Gasteiger charge is 2.06. The van der Waals surface area contributed by atoms with Crippen LogP contribution in [0.25, 0.3) is 0 Å².